The van der Waals surface area contributed by atoms with Crippen LogP contribution in [0.4, 0.5) is 11.6 Å². The maximum atomic E-state index is 10.3. The fraction of sp³-hybridized carbons (Fsp3) is 0.367. The molecular formula is C30H35N9O4. The Bertz CT molecular complexity index is 1700. The molecule has 0 radical (unpaired) electrons. The predicted molar refractivity (Wildman–Crippen MR) is 161 cm³/mol. The predicted octanol–water partition coefficient (Wildman–Crippen LogP) is 3.39. The van der Waals surface area contributed by atoms with E-state index < -0.39 is 0 Å². The fourth-order valence-electron chi connectivity index (χ4n) is 5.09. The highest BCUT2D eigenvalue weighted by Gasteiger charge is 2.19. The van der Waals surface area contributed by atoms with E-state index in [1.165, 1.54) is 10.9 Å². The van der Waals surface area contributed by atoms with Crippen LogP contribution in [-0.4, -0.2) is 95.7 Å². The maximum absolute atomic E-state index is 10.3. The first-order valence-electron chi connectivity index (χ1n) is 14.3. The van der Waals surface area contributed by atoms with Crippen molar-refractivity contribution in [3.8, 4) is 34.3 Å². The molecule has 43 heavy (non-hydrogen) atoms. The van der Waals surface area contributed by atoms with Gasteiger partial charge in [0.15, 0.2) is 5.82 Å². The summed E-state index contributed by atoms with van der Waals surface area (Å²) in [6, 6.07) is 11.5. The molecule has 1 aromatic carbocycles. The standard InChI is InChI=1S/C30H35N9O4/c1-20(7-12-40)39-25-17-27(34-26-6-8-31-29(35-26)24-19-33-37(2)30(24)41)32-18-23(25)28(36-39)21-4-3-5-22(16-21)43-15-11-38-9-13-42-14-10-38/h3-6,8,16-20,40-41H,7,9-15H2,1-2H3,(H,31,32,34,35)/t20-/m0/s1. The minimum Gasteiger partial charge on any atom is -0.493 e. The summed E-state index contributed by atoms with van der Waals surface area (Å²) >= 11 is 0. The number of aryl methyl sites for hydroxylation is 1. The number of ether oxygens (including phenoxy) is 2. The van der Waals surface area contributed by atoms with Gasteiger partial charge in [-0.2, -0.15) is 10.2 Å². The van der Waals surface area contributed by atoms with Gasteiger partial charge in [-0.05, 0) is 31.5 Å². The van der Waals surface area contributed by atoms with Crippen molar-refractivity contribution >= 4 is 22.5 Å². The fourth-order valence-corrected chi connectivity index (χ4v) is 5.09. The third kappa shape index (κ3) is 6.28. The number of nitrogens with zero attached hydrogens (tertiary/aromatic N) is 8. The molecule has 1 aliphatic heterocycles. The molecule has 0 spiro atoms. The van der Waals surface area contributed by atoms with Crippen LogP contribution in [0.25, 0.3) is 33.5 Å². The third-order valence-corrected chi connectivity index (χ3v) is 7.50. The van der Waals surface area contributed by atoms with Crippen molar-refractivity contribution in [3.05, 3.63) is 55.0 Å². The lowest BCUT2D eigenvalue weighted by Crippen LogP contribution is -2.38. The Hall–Kier alpha value is -4.59. The Morgan fingerprint density at radius 2 is 1.95 bits per heavy atom. The van der Waals surface area contributed by atoms with E-state index >= 15 is 0 Å². The number of fused-ring (bicyclic) bond motifs is 1. The zero-order valence-electron chi connectivity index (χ0n) is 24.2. The number of pyridine rings is 1. The summed E-state index contributed by atoms with van der Waals surface area (Å²) in [4.78, 5) is 15.8. The lowest BCUT2D eigenvalue weighted by molar-refractivity contribution is 0.0322. The molecule has 13 heteroatoms. The van der Waals surface area contributed by atoms with Crippen molar-refractivity contribution in [2.75, 3.05) is 51.4 Å². The molecule has 5 heterocycles. The van der Waals surface area contributed by atoms with Gasteiger partial charge in [0.1, 0.15) is 35.2 Å². The van der Waals surface area contributed by atoms with E-state index in [4.69, 9.17) is 14.6 Å². The van der Waals surface area contributed by atoms with Crippen molar-refractivity contribution in [1.29, 1.82) is 0 Å². The van der Waals surface area contributed by atoms with Gasteiger partial charge >= 0.3 is 0 Å². The Morgan fingerprint density at radius 3 is 2.74 bits per heavy atom. The number of hydrogen-bond donors (Lipinski definition) is 3. The molecule has 0 saturated carbocycles. The van der Waals surface area contributed by atoms with Crippen LogP contribution < -0.4 is 10.1 Å². The zero-order chi connectivity index (χ0) is 29.8. The van der Waals surface area contributed by atoms with Gasteiger partial charge in [0, 0.05) is 62.7 Å². The molecule has 13 nitrogen and oxygen atoms in total. The second kappa shape index (κ2) is 12.7. The van der Waals surface area contributed by atoms with E-state index in [0.29, 0.717) is 36.1 Å². The summed E-state index contributed by atoms with van der Waals surface area (Å²) in [5, 5.41) is 33.1. The molecule has 0 amide bonds. The minimum absolute atomic E-state index is 0.0161. The normalized spacial score (nSPS) is 14.7. The Morgan fingerprint density at radius 1 is 1.09 bits per heavy atom. The van der Waals surface area contributed by atoms with Crippen LogP contribution in [0.15, 0.2) is 55.0 Å². The van der Waals surface area contributed by atoms with E-state index in [-0.39, 0.29) is 18.5 Å². The van der Waals surface area contributed by atoms with Crippen molar-refractivity contribution in [2.24, 2.45) is 7.05 Å². The summed E-state index contributed by atoms with van der Waals surface area (Å²) in [5.41, 5.74) is 3.01. The van der Waals surface area contributed by atoms with E-state index in [9.17, 15) is 10.2 Å². The molecule has 0 aliphatic carbocycles. The summed E-state index contributed by atoms with van der Waals surface area (Å²) in [5.74, 6) is 2.18. The minimum atomic E-state index is -0.0522. The van der Waals surface area contributed by atoms with Crippen LogP contribution in [0.5, 0.6) is 11.6 Å². The van der Waals surface area contributed by atoms with Gasteiger partial charge in [-0.1, -0.05) is 12.1 Å². The molecule has 3 N–H and O–H groups in total. The van der Waals surface area contributed by atoms with Gasteiger partial charge in [0.2, 0.25) is 5.88 Å². The first-order valence-corrected chi connectivity index (χ1v) is 14.3. The van der Waals surface area contributed by atoms with Crippen LogP contribution >= 0.6 is 0 Å². The largest absolute Gasteiger partial charge is 0.493 e. The molecule has 5 aromatic rings. The summed E-state index contributed by atoms with van der Waals surface area (Å²) in [6.07, 6.45) is 5.47. The number of benzene rings is 1. The molecule has 224 valence electrons. The van der Waals surface area contributed by atoms with Crippen LogP contribution in [0.2, 0.25) is 0 Å². The Labute approximate surface area is 248 Å². The summed E-state index contributed by atoms with van der Waals surface area (Å²) < 4.78 is 14.8. The molecule has 1 fully saturated rings. The number of nitrogens with one attached hydrogen (secondary N) is 1. The van der Waals surface area contributed by atoms with E-state index in [1.807, 2.05) is 41.9 Å². The van der Waals surface area contributed by atoms with E-state index in [2.05, 4.69) is 30.3 Å². The number of aliphatic hydroxyl groups excluding tert-OH is 1. The molecular weight excluding hydrogens is 550 g/mol. The third-order valence-electron chi connectivity index (χ3n) is 7.50. The van der Waals surface area contributed by atoms with Crippen LogP contribution in [0, 0.1) is 0 Å². The molecule has 1 atom stereocenters. The summed E-state index contributed by atoms with van der Waals surface area (Å²) in [6.45, 7) is 6.90. The highest BCUT2D eigenvalue weighted by molar-refractivity contribution is 5.94. The van der Waals surface area contributed by atoms with Gasteiger partial charge in [-0.3, -0.25) is 9.58 Å². The zero-order valence-corrected chi connectivity index (χ0v) is 24.2. The number of rotatable bonds is 11. The molecule has 1 saturated heterocycles. The second-order valence-corrected chi connectivity index (χ2v) is 10.5. The highest BCUT2D eigenvalue weighted by Crippen LogP contribution is 2.33. The Kier molecular flexibility index (Phi) is 8.45. The smallest absolute Gasteiger partial charge is 0.220 e. The van der Waals surface area contributed by atoms with E-state index in [1.54, 1.807) is 25.5 Å². The van der Waals surface area contributed by atoms with Gasteiger partial charge in [-0.25, -0.2) is 19.6 Å². The molecule has 0 unspecified atom stereocenters. The molecule has 4 aromatic heterocycles. The monoisotopic (exact) mass is 585 g/mol. The number of aromatic nitrogens is 7. The van der Waals surface area contributed by atoms with E-state index in [0.717, 1.165) is 60.8 Å². The number of hydrogen-bond acceptors (Lipinski definition) is 11. The lowest BCUT2D eigenvalue weighted by atomic mass is 10.1. The molecule has 0 bridgehead atoms. The average Bonchev–Trinajstić information content (AvgIpc) is 3.57. The second-order valence-electron chi connectivity index (χ2n) is 10.5. The first-order chi connectivity index (χ1) is 21.0. The maximum Gasteiger partial charge on any atom is 0.220 e. The average molecular weight is 586 g/mol. The first kappa shape index (κ1) is 28.5. The van der Waals surface area contributed by atoms with Gasteiger partial charge in [0.25, 0.3) is 0 Å². The number of aromatic hydroxyl groups is 1. The number of anilines is 2. The lowest BCUT2D eigenvalue weighted by Gasteiger charge is -2.26. The SMILES string of the molecule is C[C@@H](CCO)n1nc(-c2cccc(OCCN3CCOCC3)c2)c2cnc(Nc3ccnc(-c4cnn(C)c4O)n3)cc21. The van der Waals surface area contributed by atoms with Gasteiger partial charge < -0.3 is 25.0 Å². The van der Waals surface area contributed by atoms with Crippen LogP contribution in [0.1, 0.15) is 19.4 Å². The van der Waals surface area contributed by atoms with Crippen molar-refractivity contribution in [1.82, 2.24) is 39.4 Å². The topological polar surface area (TPSA) is 148 Å². The summed E-state index contributed by atoms with van der Waals surface area (Å²) in [7, 11) is 1.64. The van der Waals surface area contributed by atoms with Crippen LogP contribution in [-0.2, 0) is 11.8 Å². The van der Waals surface area contributed by atoms with Crippen molar-refractivity contribution in [3.63, 3.8) is 0 Å². The highest BCUT2D eigenvalue weighted by atomic mass is 16.5. The Balaban J connectivity index is 1.27. The van der Waals surface area contributed by atoms with Gasteiger partial charge in [-0.15, -0.1) is 0 Å². The quantitative estimate of drug-likeness (QED) is 0.209. The van der Waals surface area contributed by atoms with Gasteiger partial charge in [0.05, 0.1) is 31.0 Å². The molecule has 1 aliphatic rings. The number of aliphatic hydroxyl groups is 1. The van der Waals surface area contributed by atoms with Crippen molar-refractivity contribution < 1.29 is 19.7 Å². The van der Waals surface area contributed by atoms with Crippen LogP contribution in [0.3, 0.4) is 0 Å². The van der Waals surface area contributed by atoms with Crippen molar-refractivity contribution in [2.45, 2.75) is 19.4 Å². The molecule has 6 rings (SSSR count). The number of morpholine rings is 1.